The van der Waals surface area contributed by atoms with Crippen molar-refractivity contribution in [2.45, 2.75) is 129 Å². The molecule has 0 saturated carbocycles. The lowest BCUT2D eigenvalue weighted by Gasteiger charge is -2.47. The largest absolute Gasteiger partial charge is 0.458 e. The van der Waals surface area contributed by atoms with Crippen LogP contribution in [0.1, 0.15) is 86.6 Å². The average Bonchev–Trinajstić information content (AvgIpc) is 3.32. The van der Waals surface area contributed by atoms with Crippen molar-refractivity contribution in [3.05, 3.63) is 60.2 Å². The van der Waals surface area contributed by atoms with Crippen LogP contribution in [0.5, 0.6) is 11.5 Å². The minimum atomic E-state index is -1.18. The third-order valence-corrected chi connectivity index (χ3v) is 13.1. The number of carbonyl (C=O) groups excluding carboxylic acids is 3. The summed E-state index contributed by atoms with van der Waals surface area (Å²) in [5, 5.41) is 11.7. The standard InChI is InChI=1S/C47H63N3O9/c1-11-37-47(8)41-30(4)38(48-24-25-50(41)45(54)59-47)28(2)27-46(7,23-15-16-33-19-21-35(22-20-33)56-34-17-13-12-14-18-34)42(31(5)39(51)32(6)43(53)57-37)58-44-40(52)36(49(9)10)26-29(3)55-44/h12-14,17-22,28-32,36-37,40-42,44,52H,11,23-27H2,1-10H3/t28-,29-,30-,31+,32-,36+,37+,40-,41-,42-,44?,46+,47-/m1/s1. The van der Waals surface area contributed by atoms with E-state index in [0.29, 0.717) is 44.5 Å². The maximum Gasteiger partial charge on any atom is 0.410 e. The molecule has 2 aromatic carbocycles. The van der Waals surface area contributed by atoms with Crippen molar-refractivity contribution in [3.8, 4) is 23.3 Å². The lowest BCUT2D eigenvalue weighted by molar-refractivity contribution is -0.286. The Morgan fingerprint density at radius 2 is 1.64 bits per heavy atom. The molecule has 4 heterocycles. The molecule has 320 valence electrons. The predicted molar refractivity (Wildman–Crippen MR) is 224 cm³/mol. The molecule has 2 bridgehead atoms. The normalized spacial score (nSPS) is 36.7. The molecule has 59 heavy (non-hydrogen) atoms. The Kier molecular flexibility index (Phi) is 13.6. The quantitative estimate of drug-likeness (QED) is 0.179. The summed E-state index contributed by atoms with van der Waals surface area (Å²) >= 11 is 0. The number of aliphatic imine (C=N–C) groups is 1. The zero-order valence-corrected chi connectivity index (χ0v) is 36.3. The highest BCUT2D eigenvalue weighted by atomic mass is 16.7. The number of amides is 1. The summed E-state index contributed by atoms with van der Waals surface area (Å²) in [6.07, 6.45) is -2.66. The molecule has 1 unspecified atom stereocenters. The second kappa shape index (κ2) is 18.1. The summed E-state index contributed by atoms with van der Waals surface area (Å²) in [6.45, 7) is 16.0. The lowest BCUT2D eigenvalue weighted by atomic mass is 9.66. The van der Waals surface area contributed by atoms with E-state index >= 15 is 0 Å². The summed E-state index contributed by atoms with van der Waals surface area (Å²) in [7, 11) is 3.83. The highest BCUT2D eigenvalue weighted by molar-refractivity contribution is 6.00. The van der Waals surface area contributed by atoms with Gasteiger partial charge in [0.1, 0.15) is 29.6 Å². The summed E-state index contributed by atoms with van der Waals surface area (Å²) < 4.78 is 31.6. The molecular weight excluding hydrogens is 751 g/mol. The third-order valence-electron chi connectivity index (χ3n) is 13.1. The van der Waals surface area contributed by atoms with Gasteiger partial charge in [-0.05, 0) is 96.4 Å². The van der Waals surface area contributed by atoms with E-state index in [1.54, 1.807) is 18.7 Å². The minimum Gasteiger partial charge on any atom is -0.458 e. The monoisotopic (exact) mass is 813 g/mol. The lowest BCUT2D eigenvalue weighted by Crippen LogP contribution is -2.58. The fraction of sp³-hybridized carbons (Fsp3) is 0.617. The molecule has 2 aromatic rings. The number of nitrogens with zero attached hydrogens (tertiary/aromatic N) is 3. The van der Waals surface area contributed by atoms with E-state index in [9.17, 15) is 19.5 Å². The number of benzene rings is 2. The van der Waals surface area contributed by atoms with Gasteiger partial charge in [-0.2, -0.15) is 0 Å². The van der Waals surface area contributed by atoms with Gasteiger partial charge in [0, 0.05) is 47.5 Å². The summed E-state index contributed by atoms with van der Waals surface area (Å²) in [5.74, 6) is 4.70. The second-order valence-electron chi connectivity index (χ2n) is 17.8. The number of fused-ring (bicyclic) bond motifs is 1. The average molecular weight is 814 g/mol. The maximum absolute atomic E-state index is 14.7. The van der Waals surface area contributed by atoms with Crippen LogP contribution in [0.2, 0.25) is 0 Å². The first kappa shape index (κ1) is 44.3. The van der Waals surface area contributed by atoms with Gasteiger partial charge >= 0.3 is 12.1 Å². The Morgan fingerprint density at radius 3 is 2.31 bits per heavy atom. The smallest absolute Gasteiger partial charge is 0.410 e. The number of aliphatic hydroxyl groups excluding tert-OH is 1. The van der Waals surface area contributed by atoms with Gasteiger partial charge in [-0.3, -0.25) is 19.5 Å². The molecule has 0 spiro atoms. The SMILES string of the molecule is CC[C@@H]1OC(=O)[C@H](C)C(=O)[C@H](C)[C@@H](OC2O[C@H](C)C[C@H](N(C)C)[C@H]2O)[C@@](C)(CC#Cc2ccc(Oc3ccccc3)cc2)C[C@@H](C)C2=NCCN3C(=O)O[C@@]1(C)[C@H]3[C@@H]2C. The van der Waals surface area contributed by atoms with Crippen LogP contribution < -0.4 is 4.74 Å². The number of hydrogen-bond acceptors (Lipinski definition) is 11. The number of cyclic esters (lactones) is 1. The van der Waals surface area contributed by atoms with Gasteiger partial charge in [-0.15, -0.1) is 0 Å². The van der Waals surface area contributed by atoms with Gasteiger partial charge in [0.25, 0.3) is 0 Å². The number of rotatable bonds is 7. The molecule has 12 nitrogen and oxygen atoms in total. The van der Waals surface area contributed by atoms with E-state index in [4.69, 9.17) is 28.7 Å². The molecule has 12 heteroatoms. The number of para-hydroxylation sites is 1. The van der Waals surface area contributed by atoms with Crippen molar-refractivity contribution in [2.75, 3.05) is 27.2 Å². The molecular formula is C47H63N3O9. The number of likely N-dealkylation sites (N-methyl/N-ethyl adjacent to an activating group) is 1. The molecule has 13 atom stereocenters. The Bertz CT molecular complexity index is 1910. The molecule has 1 N–H and O–H groups in total. The van der Waals surface area contributed by atoms with Gasteiger partial charge in [0.05, 0.1) is 24.8 Å². The van der Waals surface area contributed by atoms with Crippen molar-refractivity contribution >= 4 is 23.6 Å². The topological polar surface area (TPSA) is 136 Å². The Hall–Kier alpha value is -4.28. The second-order valence-corrected chi connectivity index (χ2v) is 17.8. The molecule has 4 aliphatic rings. The van der Waals surface area contributed by atoms with Crippen molar-refractivity contribution < 1.29 is 43.2 Å². The number of carbonyl (C=O) groups is 3. The molecule has 4 aliphatic heterocycles. The molecule has 1 amide bonds. The van der Waals surface area contributed by atoms with E-state index in [0.717, 1.165) is 17.0 Å². The number of aliphatic hydroxyl groups is 1. The number of esters is 1. The fourth-order valence-electron chi connectivity index (χ4n) is 10.0. The Balaban J connectivity index is 1.42. The first-order valence-corrected chi connectivity index (χ1v) is 21.2. The highest BCUT2D eigenvalue weighted by Crippen LogP contribution is 2.46. The Labute approximate surface area is 349 Å². The van der Waals surface area contributed by atoms with Crippen molar-refractivity contribution in [3.63, 3.8) is 0 Å². The van der Waals surface area contributed by atoms with Crippen LogP contribution in [0.4, 0.5) is 4.79 Å². The molecule has 3 saturated heterocycles. The molecule has 3 fully saturated rings. The van der Waals surface area contributed by atoms with E-state index in [-0.39, 0.29) is 29.8 Å². The molecule has 6 rings (SSSR count). The van der Waals surface area contributed by atoms with E-state index < -0.39 is 65.6 Å². The van der Waals surface area contributed by atoms with Crippen molar-refractivity contribution in [1.29, 1.82) is 0 Å². The molecule has 0 radical (unpaired) electrons. The van der Waals surface area contributed by atoms with Crippen LogP contribution in [0.25, 0.3) is 0 Å². The van der Waals surface area contributed by atoms with E-state index in [1.165, 1.54) is 0 Å². The first-order valence-electron chi connectivity index (χ1n) is 21.2. The van der Waals surface area contributed by atoms with Crippen molar-refractivity contribution in [1.82, 2.24) is 9.80 Å². The van der Waals surface area contributed by atoms with Gasteiger partial charge in [-0.25, -0.2) is 4.79 Å². The predicted octanol–water partition coefficient (Wildman–Crippen LogP) is 6.91. The third kappa shape index (κ3) is 9.24. The van der Waals surface area contributed by atoms with E-state index in [1.807, 2.05) is 94.4 Å². The summed E-state index contributed by atoms with van der Waals surface area (Å²) in [5.41, 5.74) is -0.337. The van der Waals surface area contributed by atoms with Gasteiger partial charge in [0.15, 0.2) is 17.7 Å². The van der Waals surface area contributed by atoms with Crippen LogP contribution >= 0.6 is 0 Å². The molecule has 0 aliphatic carbocycles. The van der Waals surface area contributed by atoms with Crippen LogP contribution in [-0.2, 0) is 28.5 Å². The summed E-state index contributed by atoms with van der Waals surface area (Å²) in [4.78, 5) is 51.0. The number of hydrogen-bond donors (Lipinski definition) is 1. The minimum absolute atomic E-state index is 0.159. The maximum atomic E-state index is 14.7. The molecule has 0 aromatic heterocycles. The van der Waals surface area contributed by atoms with Gasteiger partial charge in [0.2, 0.25) is 0 Å². The summed E-state index contributed by atoms with van der Waals surface area (Å²) in [6, 6.07) is 16.4. The first-order chi connectivity index (χ1) is 28.0. The van der Waals surface area contributed by atoms with Crippen LogP contribution in [0, 0.1) is 40.9 Å². The van der Waals surface area contributed by atoms with Crippen molar-refractivity contribution in [2.24, 2.45) is 34.1 Å². The van der Waals surface area contributed by atoms with Crippen LogP contribution in [0.15, 0.2) is 59.6 Å². The number of Topliss-reactive ketones (excluding diaryl/α,β-unsaturated/α-hetero) is 1. The van der Waals surface area contributed by atoms with Gasteiger partial charge < -0.3 is 33.7 Å². The highest BCUT2D eigenvalue weighted by Gasteiger charge is 2.60. The van der Waals surface area contributed by atoms with Gasteiger partial charge in [-0.1, -0.05) is 64.7 Å². The number of ketones is 1. The van der Waals surface area contributed by atoms with E-state index in [2.05, 4.69) is 32.6 Å². The zero-order valence-electron chi connectivity index (χ0n) is 36.3. The van der Waals surface area contributed by atoms with Crippen LogP contribution in [0.3, 0.4) is 0 Å². The Morgan fingerprint density at radius 1 is 0.966 bits per heavy atom. The van der Waals surface area contributed by atoms with Crippen LogP contribution in [-0.4, -0.2) is 114 Å². The zero-order chi connectivity index (χ0) is 42.8. The fourth-order valence-corrected chi connectivity index (χ4v) is 10.0. The number of ether oxygens (including phenoxy) is 5.